The number of aromatic nitrogens is 2. The van der Waals surface area contributed by atoms with Gasteiger partial charge in [-0.25, -0.2) is 0 Å². The van der Waals surface area contributed by atoms with Crippen molar-refractivity contribution >= 4 is 23.5 Å². The smallest absolute Gasteiger partial charge is 0.0813 e. The first kappa shape index (κ1) is 20.0. The first-order chi connectivity index (χ1) is 15.8. The van der Waals surface area contributed by atoms with E-state index >= 15 is 0 Å². The third-order valence-corrected chi connectivity index (χ3v) is 5.48. The van der Waals surface area contributed by atoms with Crippen LogP contribution in [0.15, 0.2) is 121 Å². The molecule has 2 aromatic heterocycles. The number of hydrogen-bond donors (Lipinski definition) is 0. The number of rotatable bonds is 5. The van der Waals surface area contributed by atoms with Gasteiger partial charge in [-0.05, 0) is 53.6 Å². The van der Waals surface area contributed by atoms with Crippen LogP contribution in [0, 0.1) is 0 Å². The molecule has 0 N–H and O–H groups in total. The van der Waals surface area contributed by atoms with Crippen LogP contribution in [0.2, 0.25) is 5.02 Å². The molecule has 0 amide bonds. The predicted octanol–water partition coefficient (Wildman–Crippen LogP) is 7.61. The summed E-state index contributed by atoms with van der Waals surface area (Å²) in [6.07, 6.45) is 5.42. The number of halogens is 1. The highest BCUT2D eigenvalue weighted by molar-refractivity contribution is 6.30. The Hall–Kier alpha value is -3.95. The van der Waals surface area contributed by atoms with Crippen LogP contribution in [0.25, 0.3) is 28.2 Å². The standard InChI is InChI=1S/C28H20ClN3/c29-24-13-15-26(16-14-24)32-27(21-8-3-1-4-9-21)18-23(19-31-25-12-7-17-30-20-25)28(32)22-10-5-2-6-11-22/h1-20H. The second kappa shape index (κ2) is 9.04. The van der Waals surface area contributed by atoms with Crippen LogP contribution in [0.5, 0.6) is 0 Å². The average Bonchev–Trinajstić information content (AvgIpc) is 3.24. The highest BCUT2D eigenvalue weighted by Crippen LogP contribution is 2.35. The second-order valence-electron chi connectivity index (χ2n) is 7.35. The van der Waals surface area contributed by atoms with E-state index in [2.05, 4.69) is 64.1 Å². The molecule has 0 unspecified atom stereocenters. The van der Waals surface area contributed by atoms with Crippen molar-refractivity contribution < 1.29 is 0 Å². The van der Waals surface area contributed by atoms with Crippen LogP contribution >= 0.6 is 11.6 Å². The fraction of sp³-hybridized carbons (Fsp3) is 0. The van der Waals surface area contributed by atoms with Gasteiger partial charge in [0.25, 0.3) is 0 Å². The lowest BCUT2D eigenvalue weighted by molar-refractivity contribution is 1.09. The molecule has 0 bridgehead atoms. The molecule has 2 heterocycles. The molecular weight excluding hydrogens is 414 g/mol. The van der Waals surface area contributed by atoms with Crippen molar-refractivity contribution in [1.29, 1.82) is 0 Å². The summed E-state index contributed by atoms with van der Waals surface area (Å²) in [6, 6.07) is 34.7. The summed E-state index contributed by atoms with van der Waals surface area (Å²) in [5.41, 5.74) is 7.26. The molecule has 0 saturated carbocycles. The maximum Gasteiger partial charge on any atom is 0.0813 e. The van der Waals surface area contributed by atoms with Crippen LogP contribution in [-0.4, -0.2) is 15.8 Å². The zero-order valence-electron chi connectivity index (χ0n) is 17.3. The number of benzene rings is 3. The number of aliphatic imine (C=N–C) groups is 1. The largest absolute Gasteiger partial charge is 0.309 e. The van der Waals surface area contributed by atoms with Crippen molar-refractivity contribution in [2.75, 3.05) is 0 Å². The Labute approximate surface area is 192 Å². The van der Waals surface area contributed by atoms with Crippen molar-refractivity contribution in [1.82, 2.24) is 9.55 Å². The number of hydrogen-bond acceptors (Lipinski definition) is 2. The Morgan fingerprint density at radius 2 is 1.44 bits per heavy atom. The van der Waals surface area contributed by atoms with E-state index in [1.54, 1.807) is 12.4 Å². The molecule has 154 valence electrons. The predicted molar refractivity (Wildman–Crippen MR) is 133 cm³/mol. The first-order valence-electron chi connectivity index (χ1n) is 10.4. The fourth-order valence-electron chi connectivity index (χ4n) is 3.77. The third-order valence-electron chi connectivity index (χ3n) is 5.23. The Morgan fingerprint density at radius 3 is 2.09 bits per heavy atom. The maximum atomic E-state index is 6.20. The maximum absolute atomic E-state index is 6.20. The molecule has 32 heavy (non-hydrogen) atoms. The molecule has 0 spiro atoms. The summed E-state index contributed by atoms with van der Waals surface area (Å²) in [7, 11) is 0. The van der Waals surface area contributed by atoms with Crippen LogP contribution in [0.4, 0.5) is 5.69 Å². The average molecular weight is 434 g/mol. The van der Waals surface area contributed by atoms with Gasteiger partial charge < -0.3 is 4.57 Å². The summed E-state index contributed by atoms with van der Waals surface area (Å²) in [6.45, 7) is 0. The molecule has 0 fully saturated rings. The van der Waals surface area contributed by atoms with Gasteiger partial charge in [0.05, 0.1) is 23.3 Å². The van der Waals surface area contributed by atoms with E-state index in [-0.39, 0.29) is 0 Å². The van der Waals surface area contributed by atoms with Crippen molar-refractivity contribution in [3.8, 4) is 28.2 Å². The molecule has 0 saturated heterocycles. The number of nitrogens with zero attached hydrogens (tertiary/aromatic N) is 3. The van der Waals surface area contributed by atoms with Gasteiger partial charge in [-0.15, -0.1) is 0 Å². The molecule has 0 aliphatic carbocycles. The SMILES string of the molecule is Clc1ccc(-n2c(-c3ccccc3)cc(C=Nc3cccnc3)c2-c2ccccc2)cc1. The van der Waals surface area contributed by atoms with Crippen LogP contribution in [0.1, 0.15) is 5.56 Å². The first-order valence-corrected chi connectivity index (χ1v) is 10.7. The zero-order valence-corrected chi connectivity index (χ0v) is 18.0. The minimum Gasteiger partial charge on any atom is -0.309 e. The molecule has 5 rings (SSSR count). The van der Waals surface area contributed by atoms with Gasteiger partial charge in [-0.1, -0.05) is 72.3 Å². The third kappa shape index (κ3) is 4.11. The molecule has 3 aromatic carbocycles. The molecule has 0 radical (unpaired) electrons. The monoisotopic (exact) mass is 433 g/mol. The van der Waals surface area contributed by atoms with Gasteiger partial charge in [-0.2, -0.15) is 0 Å². The minimum absolute atomic E-state index is 0.710. The van der Waals surface area contributed by atoms with Crippen molar-refractivity contribution in [3.05, 3.63) is 126 Å². The zero-order chi connectivity index (χ0) is 21.8. The minimum atomic E-state index is 0.710. The summed E-state index contributed by atoms with van der Waals surface area (Å²) >= 11 is 6.20. The molecular formula is C28H20ClN3. The van der Waals surface area contributed by atoms with E-state index in [0.717, 1.165) is 39.5 Å². The van der Waals surface area contributed by atoms with Crippen molar-refractivity contribution in [2.45, 2.75) is 0 Å². The van der Waals surface area contributed by atoms with Gasteiger partial charge in [0.1, 0.15) is 0 Å². The van der Waals surface area contributed by atoms with E-state index < -0.39 is 0 Å². The lowest BCUT2D eigenvalue weighted by Gasteiger charge is -2.15. The summed E-state index contributed by atoms with van der Waals surface area (Å²) in [4.78, 5) is 8.87. The van der Waals surface area contributed by atoms with Crippen molar-refractivity contribution in [3.63, 3.8) is 0 Å². The van der Waals surface area contributed by atoms with Crippen LogP contribution in [-0.2, 0) is 0 Å². The Bertz CT molecular complexity index is 1340. The molecule has 0 aliphatic rings. The van der Waals surface area contributed by atoms with Gasteiger partial charge in [0, 0.05) is 28.7 Å². The van der Waals surface area contributed by atoms with Crippen LogP contribution < -0.4 is 0 Å². The Morgan fingerprint density at radius 1 is 0.750 bits per heavy atom. The van der Waals surface area contributed by atoms with Crippen LogP contribution in [0.3, 0.4) is 0 Å². The van der Waals surface area contributed by atoms with Gasteiger partial charge in [-0.3, -0.25) is 9.98 Å². The lowest BCUT2D eigenvalue weighted by Crippen LogP contribution is -2.00. The van der Waals surface area contributed by atoms with Gasteiger partial charge in [0.15, 0.2) is 0 Å². The molecule has 5 aromatic rings. The van der Waals surface area contributed by atoms with E-state index in [4.69, 9.17) is 16.6 Å². The molecule has 4 heteroatoms. The van der Waals surface area contributed by atoms with E-state index in [1.807, 2.05) is 54.7 Å². The van der Waals surface area contributed by atoms with Crippen molar-refractivity contribution in [2.24, 2.45) is 4.99 Å². The normalized spacial score (nSPS) is 11.2. The summed E-state index contributed by atoms with van der Waals surface area (Å²) in [5.74, 6) is 0. The Kier molecular flexibility index (Phi) is 5.65. The molecule has 3 nitrogen and oxygen atoms in total. The van der Waals surface area contributed by atoms with E-state index in [9.17, 15) is 0 Å². The fourth-order valence-corrected chi connectivity index (χ4v) is 3.90. The second-order valence-corrected chi connectivity index (χ2v) is 7.78. The van der Waals surface area contributed by atoms with Gasteiger partial charge in [0.2, 0.25) is 0 Å². The summed E-state index contributed by atoms with van der Waals surface area (Å²) < 4.78 is 2.27. The molecule has 0 atom stereocenters. The summed E-state index contributed by atoms with van der Waals surface area (Å²) in [5, 5.41) is 0.710. The molecule has 0 aliphatic heterocycles. The Balaban J connectivity index is 1.78. The highest BCUT2D eigenvalue weighted by Gasteiger charge is 2.18. The van der Waals surface area contributed by atoms with E-state index in [1.165, 1.54) is 0 Å². The topological polar surface area (TPSA) is 30.2 Å². The highest BCUT2D eigenvalue weighted by atomic mass is 35.5. The van der Waals surface area contributed by atoms with Gasteiger partial charge >= 0.3 is 0 Å². The van der Waals surface area contributed by atoms with E-state index in [0.29, 0.717) is 5.02 Å². The lowest BCUT2D eigenvalue weighted by atomic mass is 10.1. The quantitative estimate of drug-likeness (QED) is 0.262. The number of pyridine rings is 1.